The van der Waals surface area contributed by atoms with Gasteiger partial charge in [0, 0.05) is 6.54 Å². The third-order valence-corrected chi connectivity index (χ3v) is 2.99. The molecule has 1 aromatic rings. The molecule has 96 valence electrons. The Morgan fingerprint density at radius 1 is 1.18 bits per heavy atom. The van der Waals surface area contributed by atoms with Crippen LogP contribution in [0, 0.1) is 19.8 Å². The largest absolute Gasteiger partial charge is 0.493 e. The summed E-state index contributed by atoms with van der Waals surface area (Å²) in [6.07, 6.45) is 0. The maximum atomic E-state index is 5.82. The Morgan fingerprint density at radius 3 is 2.47 bits per heavy atom. The molecule has 0 atom stereocenters. The Hall–Kier alpha value is -1.02. The number of rotatable bonds is 6. The van der Waals surface area contributed by atoms with Crippen LogP contribution in [0.2, 0.25) is 0 Å². The fourth-order valence-corrected chi connectivity index (χ4v) is 1.72. The SMILES string of the molecule is CCNCc1ccc(OCC(C)C)c(C)c1C. The van der Waals surface area contributed by atoms with E-state index in [0.717, 1.165) is 25.4 Å². The Kier molecular flexibility index (Phi) is 5.49. The second-order valence-corrected chi connectivity index (χ2v) is 4.96. The van der Waals surface area contributed by atoms with E-state index < -0.39 is 0 Å². The molecule has 17 heavy (non-hydrogen) atoms. The van der Waals surface area contributed by atoms with Crippen LogP contribution in [-0.4, -0.2) is 13.2 Å². The smallest absolute Gasteiger partial charge is 0.122 e. The molecule has 0 aliphatic heterocycles. The van der Waals surface area contributed by atoms with Crippen LogP contribution >= 0.6 is 0 Å². The van der Waals surface area contributed by atoms with E-state index in [0.29, 0.717) is 5.92 Å². The van der Waals surface area contributed by atoms with Gasteiger partial charge in [-0.25, -0.2) is 0 Å². The van der Waals surface area contributed by atoms with Gasteiger partial charge in [0.2, 0.25) is 0 Å². The first kappa shape index (κ1) is 14.0. The summed E-state index contributed by atoms with van der Waals surface area (Å²) in [7, 11) is 0. The van der Waals surface area contributed by atoms with Crippen LogP contribution in [-0.2, 0) is 6.54 Å². The van der Waals surface area contributed by atoms with E-state index in [9.17, 15) is 0 Å². The second-order valence-electron chi connectivity index (χ2n) is 4.96. The predicted molar refractivity (Wildman–Crippen MR) is 73.6 cm³/mol. The molecule has 0 aliphatic rings. The van der Waals surface area contributed by atoms with Crippen LogP contribution in [0.3, 0.4) is 0 Å². The molecular formula is C15H25NO. The molecule has 0 aromatic heterocycles. The van der Waals surface area contributed by atoms with Crippen LogP contribution in [0.4, 0.5) is 0 Å². The van der Waals surface area contributed by atoms with E-state index in [1.54, 1.807) is 0 Å². The zero-order valence-electron chi connectivity index (χ0n) is 11.8. The van der Waals surface area contributed by atoms with Crippen LogP contribution < -0.4 is 10.1 Å². The average molecular weight is 235 g/mol. The lowest BCUT2D eigenvalue weighted by Crippen LogP contribution is -2.13. The summed E-state index contributed by atoms with van der Waals surface area (Å²) in [4.78, 5) is 0. The van der Waals surface area contributed by atoms with E-state index in [1.165, 1.54) is 16.7 Å². The first-order valence-corrected chi connectivity index (χ1v) is 6.48. The van der Waals surface area contributed by atoms with Gasteiger partial charge in [0.15, 0.2) is 0 Å². The van der Waals surface area contributed by atoms with Crippen molar-refractivity contribution < 1.29 is 4.74 Å². The molecule has 0 amide bonds. The number of ether oxygens (including phenoxy) is 1. The van der Waals surface area contributed by atoms with E-state index in [1.807, 2.05) is 0 Å². The first-order chi connectivity index (χ1) is 8.06. The van der Waals surface area contributed by atoms with Gasteiger partial charge in [-0.1, -0.05) is 26.8 Å². The van der Waals surface area contributed by atoms with E-state index in [4.69, 9.17) is 4.74 Å². The number of benzene rings is 1. The summed E-state index contributed by atoms with van der Waals surface area (Å²) >= 11 is 0. The molecule has 1 aromatic carbocycles. The van der Waals surface area contributed by atoms with Crippen molar-refractivity contribution in [3.8, 4) is 5.75 Å². The minimum atomic E-state index is 0.566. The molecule has 0 fully saturated rings. The van der Waals surface area contributed by atoms with E-state index in [-0.39, 0.29) is 0 Å². The highest BCUT2D eigenvalue weighted by Crippen LogP contribution is 2.24. The molecule has 0 spiro atoms. The third kappa shape index (κ3) is 4.04. The van der Waals surface area contributed by atoms with Crippen LogP contribution in [0.15, 0.2) is 12.1 Å². The lowest BCUT2D eigenvalue weighted by atomic mass is 10.0. The van der Waals surface area contributed by atoms with Crippen molar-refractivity contribution in [1.29, 1.82) is 0 Å². The van der Waals surface area contributed by atoms with Gasteiger partial charge >= 0.3 is 0 Å². The molecule has 1 rings (SSSR count). The zero-order valence-corrected chi connectivity index (χ0v) is 11.8. The summed E-state index contributed by atoms with van der Waals surface area (Å²) in [5.41, 5.74) is 3.97. The lowest BCUT2D eigenvalue weighted by molar-refractivity contribution is 0.269. The quantitative estimate of drug-likeness (QED) is 0.815. The van der Waals surface area contributed by atoms with Gasteiger partial charge in [0.05, 0.1) is 6.61 Å². The topological polar surface area (TPSA) is 21.3 Å². The lowest BCUT2D eigenvalue weighted by Gasteiger charge is -2.15. The Balaban J connectivity index is 2.79. The van der Waals surface area contributed by atoms with Crippen molar-refractivity contribution in [3.63, 3.8) is 0 Å². The molecule has 0 radical (unpaired) electrons. The van der Waals surface area contributed by atoms with Crippen LogP contribution in [0.1, 0.15) is 37.5 Å². The van der Waals surface area contributed by atoms with Crippen LogP contribution in [0.5, 0.6) is 5.75 Å². The van der Waals surface area contributed by atoms with Crippen molar-refractivity contribution in [3.05, 3.63) is 28.8 Å². The van der Waals surface area contributed by atoms with Crippen molar-refractivity contribution >= 4 is 0 Å². The monoisotopic (exact) mass is 235 g/mol. The molecular weight excluding hydrogens is 210 g/mol. The summed E-state index contributed by atoms with van der Waals surface area (Å²) in [5.74, 6) is 1.59. The van der Waals surface area contributed by atoms with Gasteiger partial charge in [-0.05, 0) is 49.1 Å². The molecule has 0 bridgehead atoms. The van der Waals surface area contributed by atoms with Crippen LogP contribution in [0.25, 0.3) is 0 Å². The minimum Gasteiger partial charge on any atom is -0.493 e. The van der Waals surface area contributed by atoms with Crippen molar-refractivity contribution in [1.82, 2.24) is 5.32 Å². The molecule has 2 heteroatoms. The van der Waals surface area contributed by atoms with Gasteiger partial charge in [0.1, 0.15) is 5.75 Å². The summed E-state index contributed by atoms with van der Waals surface area (Å²) in [6.45, 7) is 13.5. The maximum Gasteiger partial charge on any atom is 0.122 e. The van der Waals surface area contributed by atoms with E-state index >= 15 is 0 Å². The highest BCUT2D eigenvalue weighted by molar-refractivity contribution is 5.43. The molecule has 0 saturated heterocycles. The molecule has 0 unspecified atom stereocenters. The third-order valence-electron chi connectivity index (χ3n) is 2.99. The predicted octanol–water partition coefficient (Wildman–Crippen LogP) is 3.45. The zero-order chi connectivity index (χ0) is 12.8. The van der Waals surface area contributed by atoms with E-state index in [2.05, 4.69) is 52.1 Å². The molecule has 2 nitrogen and oxygen atoms in total. The average Bonchev–Trinajstić information content (AvgIpc) is 2.29. The first-order valence-electron chi connectivity index (χ1n) is 6.48. The second kappa shape index (κ2) is 6.65. The maximum absolute atomic E-state index is 5.82. The fourth-order valence-electron chi connectivity index (χ4n) is 1.72. The summed E-state index contributed by atoms with van der Waals surface area (Å²) in [5, 5.41) is 3.36. The van der Waals surface area contributed by atoms with Gasteiger partial charge in [-0.3, -0.25) is 0 Å². The van der Waals surface area contributed by atoms with Crippen molar-refractivity contribution in [2.24, 2.45) is 5.92 Å². The molecule has 0 saturated carbocycles. The van der Waals surface area contributed by atoms with Crippen molar-refractivity contribution in [2.45, 2.75) is 41.2 Å². The standard InChI is InChI=1S/C15H25NO/c1-6-16-9-14-7-8-15(13(5)12(14)4)17-10-11(2)3/h7-8,11,16H,6,9-10H2,1-5H3. The molecule has 0 aliphatic carbocycles. The number of hydrogen-bond donors (Lipinski definition) is 1. The summed E-state index contributed by atoms with van der Waals surface area (Å²) in [6, 6.07) is 4.26. The van der Waals surface area contributed by atoms with Gasteiger partial charge in [-0.15, -0.1) is 0 Å². The Labute approximate surface area is 105 Å². The minimum absolute atomic E-state index is 0.566. The Bertz CT molecular complexity index is 358. The van der Waals surface area contributed by atoms with Gasteiger partial charge < -0.3 is 10.1 Å². The fraction of sp³-hybridized carbons (Fsp3) is 0.600. The summed E-state index contributed by atoms with van der Waals surface area (Å²) < 4.78 is 5.82. The Morgan fingerprint density at radius 2 is 1.88 bits per heavy atom. The van der Waals surface area contributed by atoms with Crippen molar-refractivity contribution in [2.75, 3.05) is 13.2 Å². The normalized spacial score (nSPS) is 10.9. The molecule has 1 N–H and O–H groups in total. The number of hydrogen-bond acceptors (Lipinski definition) is 2. The highest BCUT2D eigenvalue weighted by Gasteiger charge is 2.07. The highest BCUT2D eigenvalue weighted by atomic mass is 16.5. The van der Waals surface area contributed by atoms with Gasteiger partial charge in [0.25, 0.3) is 0 Å². The van der Waals surface area contributed by atoms with Gasteiger partial charge in [-0.2, -0.15) is 0 Å². The molecule has 0 heterocycles. The number of nitrogens with one attached hydrogen (secondary N) is 1.